The minimum absolute atomic E-state index is 0.0663. The lowest BCUT2D eigenvalue weighted by molar-refractivity contribution is -0.284. The number of alkyl halides is 4. The lowest BCUT2D eigenvalue weighted by Crippen LogP contribution is -2.58. The third-order valence-electron chi connectivity index (χ3n) is 2.34. The Labute approximate surface area is 90.5 Å². The van der Waals surface area contributed by atoms with E-state index in [2.05, 4.69) is 0 Å². The second-order valence-corrected chi connectivity index (χ2v) is 3.35. The molecular formula is C8H11BF5NO. The lowest BCUT2D eigenvalue weighted by atomic mass is 10.1. The predicted molar refractivity (Wildman–Crippen MR) is 50.0 cm³/mol. The van der Waals surface area contributed by atoms with Crippen molar-refractivity contribution in [1.29, 1.82) is 0 Å². The van der Waals surface area contributed by atoms with Gasteiger partial charge in [0.2, 0.25) is 0 Å². The molecule has 0 aromatic rings. The molecule has 0 N–H and O–H groups in total. The summed E-state index contributed by atoms with van der Waals surface area (Å²) in [5.41, 5.74) is 0. The molecule has 0 spiro atoms. The third-order valence-corrected chi connectivity index (χ3v) is 2.34. The fourth-order valence-electron chi connectivity index (χ4n) is 1.37. The summed E-state index contributed by atoms with van der Waals surface area (Å²) in [5, 5.41) is 0. The number of rotatable bonds is 3. The Bertz CT molecular complexity index is 278. The molecule has 0 unspecified atom stereocenters. The summed E-state index contributed by atoms with van der Waals surface area (Å²) in [4.78, 5) is 0.236. The molecular weight excluding hydrogens is 232 g/mol. The van der Waals surface area contributed by atoms with Gasteiger partial charge in [0.1, 0.15) is 7.85 Å². The molecule has 0 saturated carbocycles. The molecule has 1 fully saturated rings. The monoisotopic (exact) mass is 243 g/mol. The van der Waals surface area contributed by atoms with Crippen LogP contribution < -0.4 is 0 Å². The largest absolute Gasteiger partial charge is 0.379 e. The molecule has 1 aliphatic rings. The van der Waals surface area contributed by atoms with Crippen molar-refractivity contribution in [2.24, 2.45) is 0 Å². The molecule has 1 aliphatic heterocycles. The van der Waals surface area contributed by atoms with Crippen LogP contribution in [0.5, 0.6) is 0 Å². The molecule has 1 rings (SSSR count). The molecule has 16 heavy (non-hydrogen) atoms. The van der Waals surface area contributed by atoms with Crippen molar-refractivity contribution in [3.63, 3.8) is 0 Å². The maximum absolute atomic E-state index is 13.4. The van der Waals surface area contributed by atoms with Gasteiger partial charge in [-0.1, -0.05) is 5.98 Å². The lowest BCUT2D eigenvalue weighted by Gasteiger charge is -2.37. The molecule has 0 aromatic heterocycles. The van der Waals surface area contributed by atoms with Gasteiger partial charge in [-0.2, -0.15) is 17.6 Å². The highest BCUT2D eigenvalue weighted by molar-refractivity contribution is 6.17. The van der Waals surface area contributed by atoms with E-state index < -0.39 is 17.8 Å². The Morgan fingerprint density at radius 2 is 1.69 bits per heavy atom. The van der Waals surface area contributed by atoms with Gasteiger partial charge in [0.05, 0.1) is 13.2 Å². The van der Waals surface area contributed by atoms with Gasteiger partial charge >= 0.3 is 12.0 Å². The Morgan fingerprint density at radius 1 is 1.19 bits per heavy atom. The first-order valence-corrected chi connectivity index (χ1v) is 4.74. The van der Waals surface area contributed by atoms with E-state index in [0.717, 1.165) is 7.85 Å². The van der Waals surface area contributed by atoms with Crippen molar-refractivity contribution in [3.8, 4) is 0 Å². The van der Waals surface area contributed by atoms with Gasteiger partial charge in [-0.3, -0.25) is 0 Å². The smallest absolute Gasteiger partial charge is 0.374 e. The van der Waals surface area contributed by atoms with Crippen molar-refractivity contribution in [3.05, 3.63) is 11.8 Å². The van der Waals surface area contributed by atoms with Gasteiger partial charge in [0.15, 0.2) is 5.83 Å². The summed E-state index contributed by atoms with van der Waals surface area (Å²) < 4.78 is 70.4. The number of nitrogens with zero attached hydrogens (tertiary/aromatic N) is 1. The van der Waals surface area contributed by atoms with Crippen LogP contribution in [-0.2, 0) is 4.74 Å². The quantitative estimate of drug-likeness (QED) is 0.416. The van der Waals surface area contributed by atoms with Crippen LogP contribution in [0.3, 0.4) is 0 Å². The summed E-state index contributed by atoms with van der Waals surface area (Å²) in [6, 6.07) is -4.53. The first-order chi connectivity index (χ1) is 7.34. The van der Waals surface area contributed by atoms with Crippen LogP contribution in [0.25, 0.3) is 0 Å². The van der Waals surface area contributed by atoms with E-state index in [0.29, 0.717) is 5.98 Å². The van der Waals surface area contributed by atoms with Crippen LogP contribution in [0.2, 0.25) is 0 Å². The van der Waals surface area contributed by atoms with Gasteiger partial charge in [-0.25, -0.2) is 9.29 Å². The second kappa shape index (κ2) is 4.71. The standard InChI is InChI=1S/C8H11BF5NO/c9-5-6(10)7(11,12)8(13,14)15-1-3-16-4-2-15/h5H,1-4,9H2/b6-5-. The SMILES string of the molecule is B/C=C(\F)C(F)(F)C(F)(F)N1CCOCC1. The molecule has 0 aliphatic carbocycles. The number of morpholine rings is 1. The van der Waals surface area contributed by atoms with Crippen LogP contribution in [0.15, 0.2) is 11.8 Å². The van der Waals surface area contributed by atoms with Gasteiger partial charge in [-0.05, 0) is 0 Å². The van der Waals surface area contributed by atoms with Crippen molar-refractivity contribution in [2.75, 3.05) is 26.3 Å². The van der Waals surface area contributed by atoms with E-state index >= 15 is 0 Å². The zero-order chi connectivity index (χ0) is 12.4. The average Bonchev–Trinajstić information content (AvgIpc) is 2.28. The van der Waals surface area contributed by atoms with Crippen LogP contribution in [0.1, 0.15) is 0 Å². The van der Waals surface area contributed by atoms with Crippen molar-refractivity contribution in [2.45, 2.75) is 12.0 Å². The highest BCUT2D eigenvalue weighted by Gasteiger charge is 2.62. The fraction of sp³-hybridized carbons (Fsp3) is 0.750. The molecule has 2 nitrogen and oxygen atoms in total. The summed E-state index contributed by atoms with van der Waals surface area (Å²) in [6.45, 7) is -0.828. The summed E-state index contributed by atoms with van der Waals surface area (Å²) in [7, 11) is 0.943. The van der Waals surface area contributed by atoms with E-state index in [-0.39, 0.29) is 31.2 Å². The molecule has 1 saturated heterocycles. The second-order valence-electron chi connectivity index (χ2n) is 3.35. The van der Waals surface area contributed by atoms with Crippen molar-refractivity contribution < 1.29 is 26.7 Å². The summed E-state index contributed by atoms with van der Waals surface area (Å²) in [5.74, 6) is -6.59. The van der Waals surface area contributed by atoms with Gasteiger partial charge in [0.25, 0.3) is 0 Å². The molecule has 0 radical (unpaired) electrons. The first kappa shape index (κ1) is 13.4. The van der Waals surface area contributed by atoms with Gasteiger partial charge in [-0.15, -0.1) is 0 Å². The highest BCUT2D eigenvalue weighted by Crippen LogP contribution is 2.42. The van der Waals surface area contributed by atoms with Crippen molar-refractivity contribution in [1.82, 2.24) is 4.90 Å². The average molecular weight is 243 g/mol. The summed E-state index contributed by atoms with van der Waals surface area (Å²) >= 11 is 0. The van der Waals surface area contributed by atoms with E-state index in [4.69, 9.17) is 4.74 Å². The first-order valence-electron chi connectivity index (χ1n) is 4.74. The Kier molecular flexibility index (Phi) is 3.95. The predicted octanol–water partition coefficient (Wildman–Crippen LogP) is 0.991. The normalized spacial score (nSPS) is 21.2. The van der Waals surface area contributed by atoms with E-state index in [1.54, 1.807) is 0 Å². The van der Waals surface area contributed by atoms with Crippen LogP contribution in [0.4, 0.5) is 22.0 Å². The van der Waals surface area contributed by atoms with Crippen molar-refractivity contribution >= 4 is 7.85 Å². The van der Waals surface area contributed by atoms with Crippen LogP contribution in [-0.4, -0.2) is 51.0 Å². The molecule has 0 aromatic carbocycles. The topological polar surface area (TPSA) is 12.5 Å². The molecule has 0 bridgehead atoms. The Balaban J connectivity index is 2.89. The van der Waals surface area contributed by atoms with Crippen LogP contribution >= 0.6 is 0 Å². The van der Waals surface area contributed by atoms with E-state index in [9.17, 15) is 22.0 Å². The Morgan fingerprint density at radius 3 is 2.12 bits per heavy atom. The molecule has 92 valence electrons. The maximum atomic E-state index is 13.4. The minimum atomic E-state index is -4.81. The molecule has 8 heteroatoms. The molecule has 0 atom stereocenters. The third kappa shape index (κ3) is 2.22. The van der Waals surface area contributed by atoms with E-state index in [1.807, 2.05) is 0 Å². The Hall–Kier alpha value is -0.625. The number of hydrogen-bond donors (Lipinski definition) is 0. The minimum Gasteiger partial charge on any atom is -0.379 e. The van der Waals surface area contributed by atoms with Crippen LogP contribution in [0, 0.1) is 0 Å². The zero-order valence-electron chi connectivity index (χ0n) is 8.65. The molecule has 1 heterocycles. The maximum Gasteiger partial charge on any atom is 0.374 e. The molecule has 0 amide bonds. The zero-order valence-corrected chi connectivity index (χ0v) is 8.65. The number of ether oxygens (including phenoxy) is 1. The van der Waals surface area contributed by atoms with Gasteiger partial charge in [0, 0.05) is 13.1 Å². The number of hydrogen-bond acceptors (Lipinski definition) is 2. The van der Waals surface area contributed by atoms with E-state index in [1.165, 1.54) is 0 Å². The van der Waals surface area contributed by atoms with Gasteiger partial charge < -0.3 is 4.74 Å². The number of halogens is 5. The highest BCUT2D eigenvalue weighted by atomic mass is 19.3. The summed E-state index contributed by atoms with van der Waals surface area (Å²) in [6.07, 6.45) is 0. The fourth-order valence-corrected chi connectivity index (χ4v) is 1.37.